The molecular weight excluding hydrogens is 393 g/mol. The van der Waals surface area contributed by atoms with Gasteiger partial charge in [-0.2, -0.15) is 13.2 Å². The molecule has 2 aromatic rings. The molecule has 0 unspecified atom stereocenters. The first kappa shape index (κ1) is 22.0. The minimum Gasteiger partial charge on any atom is -0.480 e. The lowest BCUT2D eigenvalue weighted by atomic mass is 10.1. The molecule has 0 aromatic heterocycles. The Morgan fingerprint density at radius 3 is 2.37 bits per heavy atom. The molecule has 1 amide bonds. The van der Waals surface area contributed by atoms with Gasteiger partial charge in [0, 0.05) is 31.9 Å². The van der Waals surface area contributed by atoms with Crippen molar-refractivity contribution in [2.45, 2.75) is 39.5 Å². The number of piperazine rings is 1. The number of rotatable bonds is 5. The quantitative estimate of drug-likeness (QED) is 0.695. The van der Waals surface area contributed by atoms with Crippen molar-refractivity contribution in [2.75, 3.05) is 31.1 Å². The van der Waals surface area contributed by atoms with Gasteiger partial charge in [0.1, 0.15) is 5.75 Å². The monoisotopic (exact) mass is 420 g/mol. The van der Waals surface area contributed by atoms with E-state index in [0.717, 1.165) is 23.3 Å². The molecule has 30 heavy (non-hydrogen) atoms. The van der Waals surface area contributed by atoms with Crippen molar-refractivity contribution in [2.24, 2.45) is 0 Å². The van der Waals surface area contributed by atoms with Crippen molar-refractivity contribution in [3.8, 4) is 5.75 Å². The lowest BCUT2D eigenvalue weighted by Gasteiger charge is -2.37. The van der Waals surface area contributed by atoms with Gasteiger partial charge in [0.25, 0.3) is 5.91 Å². The highest BCUT2D eigenvalue weighted by molar-refractivity contribution is 5.81. The van der Waals surface area contributed by atoms with Gasteiger partial charge in [-0.15, -0.1) is 0 Å². The van der Waals surface area contributed by atoms with E-state index in [1.165, 1.54) is 6.07 Å². The third-order valence-corrected chi connectivity index (χ3v) is 5.38. The van der Waals surface area contributed by atoms with E-state index in [9.17, 15) is 18.0 Å². The maximum absolute atomic E-state index is 13.0. The molecule has 3 rings (SSSR count). The second-order valence-corrected chi connectivity index (χ2v) is 7.64. The van der Waals surface area contributed by atoms with Crippen LogP contribution in [-0.4, -0.2) is 43.1 Å². The summed E-state index contributed by atoms with van der Waals surface area (Å²) in [5.41, 5.74) is 1.97. The van der Waals surface area contributed by atoms with Crippen molar-refractivity contribution < 1.29 is 22.7 Å². The smallest absolute Gasteiger partial charge is 0.416 e. The van der Waals surface area contributed by atoms with Crippen molar-refractivity contribution in [1.82, 2.24) is 4.90 Å². The van der Waals surface area contributed by atoms with Gasteiger partial charge in [-0.25, -0.2) is 0 Å². The molecule has 1 saturated heterocycles. The Morgan fingerprint density at radius 1 is 1.07 bits per heavy atom. The molecule has 0 aliphatic carbocycles. The highest BCUT2D eigenvalue weighted by Crippen LogP contribution is 2.32. The zero-order valence-electron chi connectivity index (χ0n) is 17.5. The van der Waals surface area contributed by atoms with Crippen molar-refractivity contribution in [3.63, 3.8) is 0 Å². The molecule has 1 aliphatic rings. The summed E-state index contributed by atoms with van der Waals surface area (Å²) in [5.74, 6) is 0.615. The van der Waals surface area contributed by atoms with Gasteiger partial charge < -0.3 is 14.5 Å². The molecule has 7 heteroatoms. The SMILES string of the molecule is CC[C@@H](Oc1ccc(C)cc1C)C(=O)N1CCN(c2cccc(C(F)(F)F)c2)CC1. The molecule has 162 valence electrons. The van der Waals surface area contributed by atoms with Gasteiger partial charge >= 0.3 is 6.18 Å². The number of amides is 1. The summed E-state index contributed by atoms with van der Waals surface area (Å²) in [6.45, 7) is 7.71. The van der Waals surface area contributed by atoms with Gasteiger partial charge in [0.05, 0.1) is 5.56 Å². The zero-order valence-corrected chi connectivity index (χ0v) is 17.5. The summed E-state index contributed by atoms with van der Waals surface area (Å²) in [6.07, 6.45) is -4.40. The highest BCUT2D eigenvalue weighted by Gasteiger charge is 2.32. The maximum Gasteiger partial charge on any atom is 0.416 e. The Bertz CT molecular complexity index is 890. The molecule has 0 bridgehead atoms. The van der Waals surface area contributed by atoms with Gasteiger partial charge in [0.15, 0.2) is 6.10 Å². The predicted molar refractivity (Wildman–Crippen MR) is 111 cm³/mol. The van der Waals surface area contributed by atoms with Crippen LogP contribution in [0.2, 0.25) is 0 Å². The van der Waals surface area contributed by atoms with Crippen LogP contribution in [0.4, 0.5) is 18.9 Å². The van der Waals surface area contributed by atoms with Crippen LogP contribution < -0.4 is 9.64 Å². The highest BCUT2D eigenvalue weighted by atomic mass is 19.4. The van der Waals surface area contributed by atoms with Crippen LogP contribution in [0.25, 0.3) is 0 Å². The Kier molecular flexibility index (Phi) is 6.58. The van der Waals surface area contributed by atoms with E-state index < -0.39 is 17.8 Å². The second kappa shape index (κ2) is 8.98. The van der Waals surface area contributed by atoms with E-state index in [2.05, 4.69) is 0 Å². The van der Waals surface area contributed by atoms with E-state index >= 15 is 0 Å². The average molecular weight is 420 g/mol. The van der Waals surface area contributed by atoms with Crippen LogP contribution in [0.15, 0.2) is 42.5 Å². The fraction of sp³-hybridized carbons (Fsp3) is 0.435. The van der Waals surface area contributed by atoms with Gasteiger partial charge in [-0.3, -0.25) is 4.79 Å². The van der Waals surface area contributed by atoms with Crippen molar-refractivity contribution >= 4 is 11.6 Å². The van der Waals surface area contributed by atoms with Crippen LogP contribution in [0.3, 0.4) is 0 Å². The maximum atomic E-state index is 13.0. The van der Waals surface area contributed by atoms with Crippen LogP contribution in [0, 0.1) is 13.8 Å². The Balaban J connectivity index is 1.63. The molecule has 1 atom stereocenters. The molecule has 1 fully saturated rings. The largest absolute Gasteiger partial charge is 0.480 e. The normalized spacial score (nSPS) is 15.8. The van der Waals surface area contributed by atoms with E-state index in [-0.39, 0.29) is 5.91 Å². The number of aryl methyl sites for hydroxylation is 2. The lowest BCUT2D eigenvalue weighted by molar-refractivity contribution is -0.139. The lowest BCUT2D eigenvalue weighted by Crippen LogP contribution is -2.52. The Hall–Kier alpha value is -2.70. The third-order valence-electron chi connectivity index (χ3n) is 5.38. The number of halogens is 3. The molecule has 0 saturated carbocycles. The van der Waals surface area contributed by atoms with Crippen LogP contribution in [-0.2, 0) is 11.0 Å². The fourth-order valence-electron chi connectivity index (χ4n) is 3.66. The molecule has 0 N–H and O–H groups in total. The van der Waals surface area contributed by atoms with Crippen LogP contribution in [0.1, 0.15) is 30.0 Å². The first-order valence-electron chi connectivity index (χ1n) is 10.1. The van der Waals surface area contributed by atoms with Crippen molar-refractivity contribution in [3.05, 3.63) is 59.2 Å². The first-order valence-corrected chi connectivity index (χ1v) is 10.1. The van der Waals surface area contributed by atoms with E-state index in [4.69, 9.17) is 4.74 Å². The van der Waals surface area contributed by atoms with Crippen molar-refractivity contribution in [1.29, 1.82) is 0 Å². The van der Waals surface area contributed by atoms with E-state index in [0.29, 0.717) is 44.0 Å². The molecular formula is C23H27F3N2O2. The zero-order chi connectivity index (χ0) is 21.9. The van der Waals surface area contributed by atoms with Gasteiger partial charge in [-0.05, 0) is 50.1 Å². The summed E-state index contributed by atoms with van der Waals surface area (Å²) in [4.78, 5) is 16.6. The third kappa shape index (κ3) is 5.07. The summed E-state index contributed by atoms with van der Waals surface area (Å²) in [7, 11) is 0. The van der Waals surface area contributed by atoms with Gasteiger partial charge in [0.2, 0.25) is 0 Å². The molecule has 1 heterocycles. The topological polar surface area (TPSA) is 32.8 Å². The molecule has 0 radical (unpaired) electrons. The summed E-state index contributed by atoms with van der Waals surface area (Å²) < 4.78 is 44.9. The predicted octanol–water partition coefficient (Wildman–Crippen LogP) is 4.83. The second-order valence-electron chi connectivity index (χ2n) is 7.64. The Morgan fingerprint density at radius 2 is 1.77 bits per heavy atom. The number of nitrogens with zero attached hydrogens (tertiary/aromatic N) is 2. The molecule has 1 aliphatic heterocycles. The minimum absolute atomic E-state index is 0.0823. The number of anilines is 1. The van der Waals surface area contributed by atoms with Crippen LogP contribution >= 0.6 is 0 Å². The number of hydrogen-bond donors (Lipinski definition) is 0. The number of ether oxygens (including phenoxy) is 1. The molecule has 4 nitrogen and oxygen atoms in total. The number of hydrogen-bond acceptors (Lipinski definition) is 3. The van der Waals surface area contributed by atoms with E-state index in [1.54, 1.807) is 11.0 Å². The molecule has 2 aromatic carbocycles. The minimum atomic E-state index is -4.37. The summed E-state index contributed by atoms with van der Waals surface area (Å²) in [5, 5.41) is 0. The fourth-order valence-corrected chi connectivity index (χ4v) is 3.66. The Labute approximate surface area is 175 Å². The number of carbonyl (C=O) groups is 1. The van der Waals surface area contributed by atoms with E-state index in [1.807, 2.05) is 43.9 Å². The summed E-state index contributed by atoms with van der Waals surface area (Å²) >= 11 is 0. The number of alkyl halides is 3. The standard InChI is InChI=1S/C23H27F3N2O2/c1-4-20(30-21-9-8-16(2)14-17(21)3)22(29)28-12-10-27(11-13-28)19-7-5-6-18(15-19)23(24,25)26/h5-9,14-15,20H,4,10-13H2,1-3H3/t20-/m1/s1. The number of carbonyl (C=O) groups excluding carboxylic acids is 1. The first-order chi connectivity index (χ1) is 14.2. The summed E-state index contributed by atoms with van der Waals surface area (Å²) in [6, 6.07) is 11.2. The van der Waals surface area contributed by atoms with Gasteiger partial charge in [-0.1, -0.05) is 30.7 Å². The average Bonchev–Trinajstić information content (AvgIpc) is 2.72. The van der Waals surface area contributed by atoms with Crippen LogP contribution in [0.5, 0.6) is 5.75 Å². The molecule has 0 spiro atoms. The number of benzene rings is 2.